The van der Waals surface area contributed by atoms with Gasteiger partial charge in [0.1, 0.15) is 0 Å². The normalized spacial score (nSPS) is 9.75. The largest absolute Gasteiger partial charge is 0.356 e. The SMILES string of the molecule is Cc1cccc(Nc2ccccc2)c1.Cc1cccc(Nc2ccccc2)c1.c1ccc(-c2ccccc2)cc1. The Balaban J connectivity index is 0.000000139. The quantitative estimate of drug-likeness (QED) is 0.236. The van der Waals surface area contributed by atoms with E-state index >= 15 is 0 Å². The molecule has 198 valence electrons. The minimum Gasteiger partial charge on any atom is -0.356 e. The first-order chi connectivity index (χ1) is 19.7. The summed E-state index contributed by atoms with van der Waals surface area (Å²) in [5.41, 5.74) is 9.61. The number of hydrogen-bond acceptors (Lipinski definition) is 2. The van der Waals surface area contributed by atoms with Crippen molar-refractivity contribution in [3.8, 4) is 11.1 Å². The predicted octanol–water partition coefficient (Wildman–Crippen LogP) is 10.8. The summed E-state index contributed by atoms with van der Waals surface area (Å²) in [5.74, 6) is 0. The lowest BCUT2D eigenvalue weighted by molar-refractivity contribution is 1.45. The molecule has 0 radical (unpaired) electrons. The smallest absolute Gasteiger partial charge is 0.0386 e. The number of aryl methyl sites for hydroxylation is 2. The highest BCUT2D eigenvalue weighted by molar-refractivity contribution is 5.63. The fourth-order valence-electron chi connectivity index (χ4n) is 4.08. The average molecular weight is 521 g/mol. The van der Waals surface area contributed by atoms with E-state index in [-0.39, 0.29) is 0 Å². The molecule has 6 aromatic carbocycles. The van der Waals surface area contributed by atoms with Crippen molar-refractivity contribution in [2.75, 3.05) is 10.6 Å². The van der Waals surface area contributed by atoms with Gasteiger partial charge in [-0.2, -0.15) is 0 Å². The molecule has 40 heavy (non-hydrogen) atoms. The maximum absolute atomic E-state index is 3.34. The van der Waals surface area contributed by atoms with Gasteiger partial charge in [0, 0.05) is 22.7 Å². The topological polar surface area (TPSA) is 24.1 Å². The monoisotopic (exact) mass is 520 g/mol. The first-order valence-corrected chi connectivity index (χ1v) is 13.5. The molecule has 0 atom stereocenters. The summed E-state index contributed by atoms with van der Waals surface area (Å²) in [7, 11) is 0. The van der Waals surface area contributed by atoms with Crippen LogP contribution in [0, 0.1) is 13.8 Å². The Kier molecular flexibility index (Phi) is 10.7. The Bertz CT molecular complexity index is 1410. The summed E-state index contributed by atoms with van der Waals surface area (Å²) < 4.78 is 0. The Morgan fingerprint density at radius 3 is 0.925 bits per heavy atom. The molecule has 0 aliphatic carbocycles. The summed E-state index contributed by atoms with van der Waals surface area (Å²) in [5, 5.41) is 6.69. The Morgan fingerprint density at radius 2 is 0.600 bits per heavy atom. The molecule has 0 heterocycles. The molecule has 0 fully saturated rings. The molecule has 0 aliphatic rings. The van der Waals surface area contributed by atoms with Crippen LogP contribution in [0.2, 0.25) is 0 Å². The third-order valence-corrected chi connectivity index (χ3v) is 6.04. The molecule has 0 unspecified atom stereocenters. The Hall–Kier alpha value is -5.08. The van der Waals surface area contributed by atoms with Gasteiger partial charge in [-0.05, 0) is 84.6 Å². The van der Waals surface area contributed by atoms with Crippen molar-refractivity contribution in [3.05, 3.63) is 181 Å². The highest BCUT2D eigenvalue weighted by Crippen LogP contribution is 2.18. The number of benzene rings is 6. The fraction of sp³-hybridized carbons (Fsp3) is 0.0526. The van der Waals surface area contributed by atoms with Crippen LogP contribution in [0.3, 0.4) is 0 Å². The molecule has 0 saturated heterocycles. The van der Waals surface area contributed by atoms with Gasteiger partial charge in [0.15, 0.2) is 0 Å². The van der Waals surface area contributed by atoms with Crippen LogP contribution in [0.5, 0.6) is 0 Å². The summed E-state index contributed by atoms with van der Waals surface area (Å²) in [6.07, 6.45) is 0. The van der Waals surface area contributed by atoms with E-state index in [0.29, 0.717) is 0 Å². The molecule has 2 heteroatoms. The number of hydrogen-bond donors (Lipinski definition) is 2. The molecule has 0 bridgehead atoms. The van der Waals surface area contributed by atoms with Crippen molar-refractivity contribution >= 4 is 22.7 Å². The van der Waals surface area contributed by atoms with E-state index in [2.05, 4.69) is 146 Å². The molecule has 0 spiro atoms. The number of anilines is 4. The average Bonchev–Trinajstić information content (AvgIpc) is 3.00. The predicted molar refractivity (Wildman–Crippen MR) is 174 cm³/mol. The van der Waals surface area contributed by atoms with Crippen molar-refractivity contribution in [1.82, 2.24) is 0 Å². The molecule has 2 nitrogen and oxygen atoms in total. The second-order valence-corrected chi connectivity index (χ2v) is 9.45. The lowest BCUT2D eigenvalue weighted by Crippen LogP contribution is -1.89. The number of rotatable bonds is 5. The molecule has 0 saturated carbocycles. The minimum atomic E-state index is 1.12. The van der Waals surface area contributed by atoms with Gasteiger partial charge < -0.3 is 10.6 Å². The minimum absolute atomic E-state index is 1.12. The van der Waals surface area contributed by atoms with Crippen LogP contribution in [0.15, 0.2) is 170 Å². The second kappa shape index (κ2) is 15.4. The summed E-state index contributed by atoms with van der Waals surface area (Å²) >= 11 is 0. The Morgan fingerprint density at radius 1 is 0.300 bits per heavy atom. The standard InChI is InChI=1S/2C13H13N.C12H10/c2*1-11-6-5-9-13(10-11)14-12-7-3-2-4-8-12;1-3-7-11(8-4-1)12-9-5-2-6-10-12/h2*2-10,14H,1H3;1-10H. The van der Waals surface area contributed by atoms with Gasteiger partial charge in [0.25, 0.3) is 0 Å². The highest BCUT2D eigenvalue weighted by atomic mass is 14.9. The van der Waals surface area contributed by atoms with Crippen LogP contribution in [0.1, 0.15) is 11.1 Å². The van der Waals surface area contributed by atoms with E-state index in [0.717, 1.165) is 22.7 Å². The molecular formula is C38H36N2. The van der Waals surface area contributed by atoms with Crippen molar-refractivity contribution in [2.45, 2.75) is 13.8 Å². The molecule has 0 aromatic heterocycles. The summed E-state index contributed by atoms with van der Waals surface area (Å²) in [4.78, 5) is 0. The van der Waals surface area contributed by atoms with E-state index < -0.39 is 0 Å². The molecule has 6 rings (SSSR count). The first-order valence-electron chi connectivity index (χ1n) is 13.5. The third-order valence-electron chi connectivity index (χ3n) is 6.04. The van der Waals surface area contributed by atoms with Gasteiger partial charge in [-0.1, -0.05) is 121 Å². The van der Waals surface area contributed by atoms with E-state index in [1.54, 1.807) is 0 Å². The molecule has 2 N–H and O–H groups in total. The zero-order valence-electron chi connectivity index (χ0n) is 23.2. The van der Waals surface area contributed by atoms with Gasteiger partial charge in [-0.25, -0.2) is 0 Å². The maximum atomic E-state index is 3.34. The lowest BCUT2D eigenvalue weighted by Gasteiger charge is -2.06. The van der Waals surface area contributed by atoms with E-state index in [4.69, 9.17) is 0 Å². The van der Waals surface area contributed by atoms with Crippen LogP contribution in [-0.4, -0.2) is 0 Å². The zero-order chi connectivity index (χ0) is 27.8. The highest BCUT2D eigenvalue weighted by Gasteiger charge is 1.94. The van der Waals surface area contributed by atoms with Crippen molar-refractivity contribution < 1.29 is 0 Å². The molecular weight excluding hydrogens is 484 g/mol. The molecule has 6 aromatic rings. The molecule has 0 amide bonds. The van der Waals surface area contributed by atoms with E-state index in [9.17, 15) is 0 Å². The maximum Gasteiger partial charge on any atom is 0.0386 e. The summed E-state index contributed by atoms with van der Waals surface area (Å²) in [6.45, 7) is 4.19. The van der Waals surface area contributed by atoms with Gasteiger partial charge >= 0.3 is 0 Å². The third kappa shape index (κ3) is 9.66. The van der Waals surface area contributed by atoms with Crippen LogP contribution in [-0.2, 0) is 0 Å². The number of nitrogens with one attached hydrogen (secondary N) is 2. The van der Waals surface area contributed by atoms with Crippen molar-refractivity contribution in [3.63, 3.8) is 0 Å². The van der Waals surface area contributed by atoms with E-state index in [1.807, 2.05) is 48.5 Å². The van der Waals surface area contributed by atoms with Crippen molar-refractivity contribution in [2.24, 2.45) is 0 Å². The van der Waals surface area contributed by atoms with Gasteiger partial charge in [0.05, 0.1) is 0 Å². The van der Waals surface area contributed by atoms with Crippen molar-refractivity contribution in [1.29, 1.82) is 0 Å². The number of para-hydroxylation sites is 2. The Labute approximate surface area is 239 Å². The first kappa shape index (κ1) is 27.9. The summed E-state index contributed by atoms with van der Waals surface area (Å²) in [6, 6.07) is 57.8. The van der Waals surface area contributed by atoms with Gasteiger partial charge in [0.2, 0.25) is 0 Å². The second-order valence-electron chi connectivity index (χ2n) is 9.45. The molecule has 0 aliphatic heterocycles. The fourth-order valence-corrected chi connectivity index (χ4v) is 4.08. The van der Waals surface area contributed by atoms with Crippen LogP contribution >= 0.6 is 0 Å². The lowest BCUT2D eigenvalue weighted by atomic mass is 10.1. The van der Waals surface area contributed by atoms with Gasteiger partial charge in [-0.15, -0.1) is 0 Å². The van der Waals surface area contributed by atoms with E-state index in [1.165, 1.54) is 22.3 Å². The van der Waals surface area contributed by atoms with Gasteiger partial charge in [-0.3, -0.25) is 0 Å². The zero-order valence-corrected chi connectivity index (χ0v) is 23.2. The van der Waals surface area contributed by atoms with Crippen LogP contribution < -0.4 is 10.6 Å². The van der Waals surface area contributed by atoms with Crippen LogP contribution in [0.4, 0.5) is 22.7 Å². The van der Waals surface area contributed by atoms with Crippen LogP contribution in [0.25, 0.3) is 11.1 Å².